The van der Waals surface area contributed by atoms with E-state index >= 15 is 0 Å². The van der Waals surface area contributed by atoms with Crippen LogP contribution in [0.4, 0.5) is 0 Å². The Kier molecular flexibility index (Phi) is 7.78. The summed E-state index contributed by atoms with van der Waals surface area (Å²) in [6, 6.07) is 30.1. The lowest BCUT2D eigenvalue weighted by molar-refractivity contribution is -0.136. The highest BCUT2D eigenvalue weighted by molar-refractivity contribution is 6.30. The average Bonchev–Trinajstić information content (AvgIpc) is 3.51. The fraction of sp³-hybridized carbons (Fsp3) is 0.212. The van der Waals surface area contributed by atoms with Gasteiger partial charge in [-0.25, -0.2) is 0 Å². The monoisotopic (exact) mass is 564 g/mol. The number of carbonyl (C=O) groups excluding carboxylic acids is 2. The Morgan fingerprint density at radius 1 is 0.902 bits per heavy atom. The molecule has 4 aromatic carbocycles. The Labute approximate surface area is 243 Å². The van der Waals surface area contributed by atoms with Gasteiger partial charge in [0.1, 0.15) is 12.6 Å². The molecule has 0 aliphatic carbocycles. The van der Waals surface area contributed by atoms with Gasteiger partial charge < -0.3 is 14.3 Å². The van der Waals surface area contributed by atoms with Crippen LogP contribution in [0.5, 0.6) is 0 Å². The quantitative estimate of drug-likeness (QED) is 0.214. The normalized spacial score (nSPS) is 15.1. The second-order valence-electron chi connectivity index (χ2n) is 10.2. The molecule has 0 bridgehead atoms. The first-order chi connectivity index (χ1) is 20.1. The van der Waals surface area contributed by atoms with Gasteiger partial charge in [0.25, 0.3) is 5.91 Å². The van der Waals surface area contributed by atoms with E-state index in [4.69, 9.17) is 16.1 Å². The van der Waals surface area contributed by atoms with Crippen LogP contribution in [0.1, 0.15) is 47.1 Å². The van der Waals surface area contributed by atoms with Crippen LogP contribution >= 0.6 is 11.6 Å². The minimum absolute atomic E-state index is 0.0639. The number of hydrogen-bond acceptors (Lipinski definition) is 5. The number of hydrogen-bond donors (Lipinski definition) is 0. The predicted octanol–water partition coefficient (Wildman–Crippen LogP) is 6.94. The summed E-state index contributed by atoms with van der Waals surface area (Å²) >= 11 is 6.03. The van der Waals surface area contributed by atoms with Gasteiger partial charge >= 0.3 is 0 Å². The van der Waals surface area contributed by atoms with E-state index in [1.807, 2.05) is 84.9 Å². The van der Waals surface area contributed by atoms with Crippen LogP contribution in [0.25, 0.3) is 22.2 Å². The van der Waals surface area contributed by atoms with Gasteiger partial charge in [-0.15, -0.1) is 0 Å². The first-order valence-corrected chi connectivity index (χ1v) is 14.1. The second kappa shape index (κ2) is 11.9. The largest absolute Gasteiger partial charge is 0.337 e. The van der Waals surface area contributed by atoms with Crippen molar-refractivity contribution < 1.29 is 14.1 Å². The molecule has 7 nitrogen and oxygen atoms in total. The number of carbonyl (C=O) groups is 2. The van der Waals surface area contributed by atoms with Gasteiger partial charge in [-0.3, -0.25) is 9.59 Å². The molecule has 0 saturated carbocycles. The highest BCUT2D eigenvalue weighted by Gasteiger charge is 2.34. The summed E-state index contributed by atoms with van der Waals surface area (Å²) in [6.45, 7) is 0.809. The van der Waals surface area contributed by atoms with Crippen molar-refractivity contribution in [1.82, 2.24) is 19.9 Å². The number of piperidine rings is 1. The first-order valence-electron chi connectivity index (χ1n) is 13.8. The van der Waals surface area contributed by atoms with Gasteiger partial charge in [-0.2, -0.15) is 4.98 Å². The van der Waals surface area contributed by atoms with E-state index < -0.39 is 0 Å². The number of nitrogens with zero attached hydrogens (tertiary/aromatic N) is 4. The van der Waals surface area contributed by atoms with Gasteiger partial charge in [0.2, 0.25) is 17.6 Å². The maximum atomic E-state index is 14.0. The van der Waals surface area contributed by atoms with E-state index in [-0.39, 0.29) is 24.4 Å². The van der Waals surface area contributed by atoms with E-state index in [1.165, 1.54) is 0 Å². The molecule has 41 heavy (non-hydrogen) atoms. The summed E-state index contributed by atoms with van der Waals surface area (Å²) in [4.78, 5) is 36.0. The van der Waals surface area contributed by atoms with Crippen LogP contribution in [0.3, 0.4) is 0 Å². The highest BCUT2D eigenvalue weighted by atomic mass is 35.5. The molecule has 8 heteroatoms. The molecule has 0 N–H and O–H groups in total. The lowest BCUT2D eigenvalue weighted by Crippen LogP contribution is -2.45. The SMILES string of the molecule is O=C(c1cccc2ccccc12)N(CC(=O)N1CCCCC1c1nc(-c2ccc(Cl)cc2)no1)Cc1ccccc1. The van der Waals surface area contributed by atoms with Crippen molar-refractivity contribution in [3.05, 3.63) is 119 Å². The number of likely N-dealkylation sites (tertiary alicyclic amines) is 1. The first kappa shape index (κ1) is 26.7. The molecule has 2 amide bonds. The molecule has 6 rings (SSSR count). The molecule has 0 radical (unpaired) electrons. The standard InChI is InChI=1S/C33H29ClN4O3/c34-26-18-16-25(17-19-26)31-35-32(41-36-31)29-15-6-7-20-38(29)30(39)22-37(21-23-9-2-1-3-10-23)33(40)28-14-8-12-24-11-4-5-13-27(24)28/h1-5,8-14,16-19,29H,6-7,15,20-22H2. The molecule has 1 aromatic heterocycles. The Bertz CT molecular complexity index is 1660. The van der Waals surface area contributed by atoms with Crippen molar-refractivity contribution in [3.63, 3.8) is 0 Å². The minimum Gasteiger partial charge on any atom is -0.337 e. The summed E-state index contributed by atoms with van der Waals surface area (Å²) in [7, 11) is 0. The molecule has 206 valence electrons. The molecule has 1 aliphatic rings. The van der Waals surface area contributed by atoms with Gasteiger partial charge in [-0.1, -0.05) is 83.5 Å². The second-order valence-corrected chi connectivity index (χ2v) is 10.7. The number of halogens is 1. The fourth-order valence-electron chi connectivity index (χ4n) is 5.41. The number of amides is 2. The maximum Gasteiger partial charge on any atom is 0.255 e. The van der Waals surface area contributed by atoms with Crippen molar-refractivity contribution in [3.8, 4) is 11.4 Å². The molecular weight excluding hydrogens is 536 g/mol. The fourth-order valence-corrected chi connectivity index (χ4v) is 5.54. The number of rotatable bonds is 7. The third-order valence-corrected chi connectivity index (χ3v) is 7.75. The van der Waals surface area contributed by atoms with Crippen molar-refractivity contribution in [1.29, 1.82) is 0 Å². The summed E-state index contributed by atoms with van der Waals surface area (Å²) in [5, 5.41) is 6.63. The Morgan fingerprint density at radius 3 is 2.49 bits per heavy atom. The Hall–Kier alpha value is -4.49. The van der Waals surface area contributed by atoms with Crippen LogP contribution in [0.2, 0.25) is 5.02 Å². The van der Waals surface area contributed by atoms with Crippen LogP contribution in [0, 0.1) is 0 Å². The smallest absolute Gasteiger partial charge is 0.255 e. The zero-order chi connectivity index (χ0) is 28.2. The molecule has 5 aromatic rings. The molecule has 1 saturated heterocycles. The number of fused-ring (bicyclic) bond motifs is 1. The van der Waals surface area contributed by atoms with Crippen LogP contribution in [-0.2, 0) is 11.3 Å². The van der Waals surface area contributed by atoms with Crippen LogP contribution in [0.15, 0.2) is 102 Å². The molecule has 1 unspecified atom stereocenters. The van der Waals surface area contributed by atoms with Gasteiger partial charge in [0, 0.05) is 29.2 Å². The average molecular weight is 565 g/mol. The third-order valence-electron chi connectivity index (χ3n) is 7.50. The summed E-state index contributed by atoms with van der Waals surface area (Å²) < 4.78 is 5.67. The molecular formula is C33H29ClN4O3. The van der Waals surface area contributed by atoms with Crippen molar-refractivity contribution in [2.45, 2.75) is 31.8 Å². The maximum absolute atomic E-state index is 14.0. The molecule has 1 fully saturated rings. The van der Waals surface area contributed by atoms with E-state index in [9.17, 15) is 9.59 Å². The lowest BCUT2D eigenvalue weighted by atomic mass is 10.0. The van der Waals surface area contributed by atoms with Crippen LogP contribution in [-0.4, -0.2) is 44.8 Å². The van der Waals surface area contributed by atoms with Crippen molar-refractivity contribution in [2.24, 2.45) is 0 Å². The number of benzene rings is 4. The van der Waals surface area contributed by atoms with Crippen molar-refractivity contribution >= 4 is 34.2 Å². The number of aromatic nitrogens is 2. The van der Waals surface area contributed by atoms with Gasteiger partial charge in [0.05, 0.1) is 0 Å². The van der Waals surface area contributed by atoms with Crippen LogP contribution < -0.4 is 0 Å². The zero-order valence-electron chi connectivity index (χ0n) is 22.4. The van der Waals surface area contributed by atoms with E-state index in [0.29, 0.717) is 41.8 Å². The Morgan fingerprint density at radius 2 is 1.66 bits per heavy atom. The predicted molar refractivity (Wildman–Crippen MR) is 158 cm³/mol. The molecule has 1 aliphatic heterocycles. The summed E-state index contributed by atoms with van der Waals surface area (Å²) in [5.74, 6) is 0.519. The van der Waals surface area contributed by atoms with E-state index in [2.05, 4.69) is 10.1 Å². The Balaban J connectivity index is 1.27. The van der Waals surface area contributed by atoms with E-state index in [0.717, 1.165) is 34.7 Å². The highest BCUT2D eigenvalue weighted by Crippen LogP contribution is 2.32. The van der Waals surface area contributed by atoms with Gasteiger partial charge in [-0.05, 0) is 65.9 Å². The molecule has 2 heterocycles. The third kappa shape index (κ3) is 5.86. The molecule has 0 spiro atoms. The topological polar surface area (TPSA) is 79.5 Å². The van der Waals surface area contributed by atoms with Crippen molar-refractivity contribution in [2.75, 3.05) is 13.1 Å². The minimum atomic E-state index is -0.351. The zero-order valence-corrected chi connectivity index (χ0v) is 23.2. The van der Waals surface area contributed by atoms with E-state index in [1.54, 1.807) is 21.9 Å². The molecule has 1 atom stereocenters. The summed E-state index contributed by atoms with van der Waals surface area (Å²) in [6.07, 6.45) is 2.52. The lowest BCUT2D eigenvalue weighted by Gasteiger charge is -2.35. The van der Waals surface area contributed by atoms with Gasteiger partial charge in [0.15, 0.2) is 0 Å². The summed E-state index contributed by atoms with van der Waals surface area (Å²) in [5.41, 5.74) is 2.31.